The number of methoxy groups -OCH3 is 1. The number of amides is 1. The fourth-order valence-electron chi connectivity index (χ4n) is 2.82. The highest BCUT2D eigenvalue weighted by Crippen LogP contribution is 2.20. The van der Waals surface area contributed by atoms with Gasteiger partial charge in [-0.15, -0.1) is 0 Å². The smallest absolute Gasteiger partial charge is 0.274 e. The first-order chi connectivity index (χ1) is 10.8. The van der Waals surface area contributed by atoms with Crippen LogP contribution in [0.25, 0.3) is 0 Å². The summed E-state index contributed by atoms with van der Waals surface area (Å²) in [6.07, 6.45) is 1.29. The van der Waals surface area contributed by atoms with Gasteiger partial charge in [-0.1, -0.05) is 13.8 Å². The number of carbonyl (C=O) groups excluding carboxylic acids is 1. The molecule has 2 heterocycles. The molecule has 130 valence electrons. The minimum absolute atomic E-state index is 0.0196. The Labute approximate surface area is 137 Å². The van der Waals surface area contributed by atoms with Crippen molar-refractivity contribution >= 4 is 15.7 Å². The van der Waals surface area contributed by atoms with E-state index in [-0.39, 0.29) is 23.5 Å². The van der Waals surface area contributed by atoms with Gasteiger partial charge in [0.25, 0.3) is 5.91 Å². The van der Waals surface area contributed by atoms with E-state index < -0.39 is 9.84 Å². The lowest BCUT2D eigenvalue weighted by molar-refractivity contribution is 0.0618. The van der Waals surface area contributed by atoms with E-state index in [1.54, 1.807) is 18.1 Å². The van der Waals surface area contributed by atoms with Crippen LogP contribution in [0.3, 0.4) is 0 Å². The van der Waals surface area contributed by atoms with E-state index in [1.807, 2.05) is 0 Å². The largest absolute Gasteiger partial charge is 0.383 e. The Bertz CT molecular complexity index is 639. The molecule has 0 spiro atoms. The maximum atomic E-state index is 12.7. The van der Waals surface area contributed by atoms with Gasteiger partial charge in [0.1, 0.15) is 5.69 Å². The van der Waals surface area contributed by atoms with Gasteiger partial charge in [-0.3, -0.25) is 9.89 Å². The van der Waals surface area contributed by atoms with Crippen LogP contribution in [0.5, 0.6) is 0 Å². The molecule has 1 aromatic heterocycles. The predicted molar refractivity (Wildman–Crippen MR) is 87.1 cm³/mol. The van der Waals surface area contributed by atoms with Crippen molar-refractivity contribution in [3.63, 3.8) is 0 Å². The Morgan fingerprint density at radius 2 is 2.26 bits per heavy atom. The lowest BCUT2D eigenvalue weighted by Crippen LogP contribution is -2.43. The number of aromatic nitrogens is 2. The fraction of sp³-hybridized carbons (Fsp3) is 0.733. The van der Waals surface area contributed by atoms with Gasteiger partial charge in [0.15, 0.2) is 9.84 Å². The maximum absolute atomic E-state index is 12.7. The van der Waals surface area contributed by atoms with E-state index in [2.05, 4.69) is 24.0 Å². The molecule has 8 heteroatoms. The molecule has 1 aliphatic rings. The standard InChI is InChI=1S/C15H25N3O4S/c1-11(2)8-12-9-14(17-16-12)15(19)18(5-6-22-3)13-4-7-23(20,21)10-13/h9,11,13H,4-8,10H2,1-3H3,(H,16,17). The summed E-state index contributed by atoms with van der Waals surface area (Å²) in [6.45, 7) is 4.92. The molecule has 0 saturated carbocycles. The molecule has 0 aromatic carbocycles. The Morgan fingerprint density at radius 3 is 2.83 bits per heavy atom. The van der Waals surface area contributed by atoms with Gasteiger partial charge >= 0.3 is 0 Å². The summed E-state index contributed by atoms with van der Waals surface area (Å²) >= 11 is 0. The lowest BCUT2D eigenvalue weighted by Gasteiger charge is -2.27. The van der Waals surface area contributed by atoms with Crippen LogP contribution in [-0.2, 0) is 21.0 Å². The molecule has 1 atom stereocenters. The molecule has 0 radical (unpaired) electrons. The van der Waals surface area contributed by atoms with Gasteiger partial charge in [-0.05, 0) is 24.8 Å². The van der Waals surface area contributed by atoms with E-state index >= 15 is 0 Å². The van der Waals surface area contributed by atoms with Crippen molar-refractivity contribution in [1.82, 2.24) is 15.1 Å². The van der Waals surface area contributed by atoms with Crippen molar-refractivity contribution in [2.75, 3.05) is 31.8 Å². The summed E-state index contributed by atoms with van der Waals surface area (Å²) in [5.41, 5.74) is 1.25. The number of sulfone groups is 1. The third kappa shape index (κ3) is 4.78. The van der Waals surface area contributed by atoms with Crippen molar-refractivity contribution in [2.45, 2.75) is 32.7 Å². The maximum Gasteiger partial charge on any atom is 0.274 e. The zero-order valence-corrected chi connectivity index (χ0v) is 14.7. The number of nitrogens with one attached hydrogen (secondary N) is 1. The van der Waals surface area contributed by atoms with Gasteiger partial charge in [0.2, 0.25) is 0 Å². The van der Waals surface area contributed by atoms with Crippen LogP contribution < -0.4 is 0 Å². The molecule has 1 fully saturated rings. The number of carbonyl (C=O) groups is 1. The second kappa shape index (κ2) is 7.44. The van der Waals surface area contributed by atoms with Crippen LogP contribution in [0.15, 0.2) is 6.07 Å². The molecule has 1 N–H and O–H groups in total. The molecule has 1 saturated heterocycles. The lowest BCUT2D eigenvalue weighted by atomic mass is 10.1. The molecule has 7 nitrogen and oxygen atoms in total. The Hall–Kier alpha value is -1.41. The van der Waals surface area contributed by atoms with E-state index in [9.17, 15) is 13.2 Å². The van der Waals surface area contributed by atoms with Crippen LogP contribution in [0.1, 0.15) is 36.5 Å². The summed E-state index contributed by atoms with van der Waals surface area (Å²) in [4.78, 5) is 14.3. The molecular weight excluding hydrogens is 318 g/mol. The molecule has 1 aliphatic heterocycles. The normalized spacial score (nSPS) is 20.1. The summed E-state index contributed by atoms with van der Waals surface area (Å²) < 4.78 is 28.5. The van der Waals surface area contributed by atoms with Crippen molar-refractivity contribution in [3.8, 4) is 0 Å². The van der Waals surface area contributed by atoms with Crippen molar-refractivity contribution in [3.05, 3.63) is 17.5 Å². The predicted octanol–water partition coefficient (Wildman–Crippen LogP) is 0.884. The van der Waals surface area contributed by atoms with Crippen molar-refractivity contribution in [1.29, 1.82) is 0 Å². The second-order valence-electron chi connectivity index (χ2n) is 6.42. The number of aromatic amines is 1. The Balaban J connectivity index is 2.14. The first kappa shape index (κ1) is 17.9. The highest BCUT2D eigenvalue weighted by atomic mass is 32.2. The molecule has 1 amide bonds. The average Bonchev–Trinajstić information content (AvgIpc) is 3.05. The summed E-state index contributed by atoms with van der Waals surface area (Å²) in [5, 5.41) is 6.99. The quantitative estimate of drug-likeness (QED) is 0.793. The molecular formula is C15H25N3O4S. The topological polar surface area (TPSA) is 92.4 Å². The molecule has 0 aliphatic carbocycles. The monoisotopic (exact) mass is 343 g/mol. The SMILES string of the molecule is COCCN(C(=O)c1cc(CC(C)C)[nH]n1)C1CCS(=O)(=O)C1. The number of rotatable bonds is 7. The zero-order valence-electron chi connectivity index (χ0n) is 13.9. The van der Waals surface area contributed by atoms with Gasteiger partial charge in [-0.25, -0.2) is 8.42 Å². The molecule has 1 unspecified atom stereocenters. The van der Waals surface area contributed by atoms with E-state index in [0.29, 0.717) is 31.2 Å². The Kier molecular flexibility index (Phi) is 5.80. The van der Waals surface area contributed by atoms with Gasteiger partial charge in [0.05, 0.1) is 18.1 Å². The van der Waals surface area contributed by atoms with Crippen LogP contribution in [-0.4, -0.2) is 67.2 Å². The number of hydrogen-bond donors (Lipinski definition) is 1. The third-order valence-corrected chi connectivity index (χ3v) is 5.67. The number of ether oxygens (including phenoxy) is 1. The van der Waals surface area contributed by atoms with Crippen molar-refractivity contribution in [2.24, 2.45) is 5.92 Å². The second-order valence-corrected chi connectivity index (χ2v) is 8.65. The van der Waals surface area contributed by atoms with Gasteiger partial charge < -0.3 is 9.64 Å². The fourth-order valence-corrected chi connectivity index (χ4v) is 4.55. The minimum Gasteiger partial charge on any atom is -0.383 e. The molecule has 23 heavy (non-hydrogen) atoms. The number of H-pyrrole nitrogens is 1. The van der Waals surface area contributed by atoms with Crippen LogP contribution in [0, 0.1) is 5.92 Å². The molecule has 1 aromatic rings. The highest BCUT2D eigenvalue weighted by molar-refractivity contribution is 7.91. The van der Waals surface area contributed by atoms with Crippen molar-refractivity contribution < 1.29 is 17.9 Å². The average molecular weight is 343 g/mol. The summed E-state index contributed by atoms with van der Waals surface area (Å²) in [5.74, 6) is 0.373. The van der Waals surface area contributed by atoms with Crippen LogP contribution >= 0.6 is 0 Å². The highest BCUT2D eigenvalue weighted by Gasteiger charge is 2.35. The summed E-state index contributed by atoms with van der Waals surface area (Å²) in [7, 11) is -1.50. The first-order valence-corrected chi connectivity index (χ1v) is 9.69. The summed E-state index contributed by atoms with van der Waals surface area (Å²) in [6, 6.07) is 1.46. The van der Waals surface area contributed by atoms with Gasteiger partial charge in [0, 0.05) is 25.4 Å². The first-order valence-electron chi connectivity index (χ1n) is 7.87. The number of hydrogen-bond acceptors (Lipinski definition) is 5. The third-order valence-electron chi connectivity index (χ3n) is 3.92. The minimum atomic E-state index is -3.05. The molecule has 0 bridgehead atoms. The van der Waals surface area contributed by atoms with E-state index in [0.717, 1.165) is 12.1 Å². The van der Waals surface area contributed by atoms with Crippen LogP contribution in [0.4, 0.5) is 0 Å². The molecule has 2 rings (SSSR count). The zero-order chi connectivity index (χ0) is 17.0. The van der Waals surface area contributed by atoms with E-state index in [1.165, 1.54) is 0 Å². The van der Waals surface area contributed by atoms with Crippen LogP contribution in [0.2, 0.25) is 0 Å². The number of nitrogens with zero attached hydrogens (tertiary/aromatic N) is 2. The Morgan fingerprint density at radius 1 is 1.52 bits per heavy atom. The van der Waals surface area contributed by atoms with Gasteiger partial charge in [-0.2, -0.15) is 5.10 Å². The van der Waals surface area contributed by atoms with E-state index in [4.69, 9.17) is 4.74 Å².